The fourth-order valence-electron chi connectivity index (χ4n) is 1.73. The van der Waals surface area contributed by atoms with E-state index in [4.69, 9.17) is 9.47 Å². The van der Waals surface area contributed by atoms with Crippen molar-refractivity contribution in [3.05, 3.63) is 22.2 Å². The highest BCUT2D eigenvalue weighted by atomic mass is 79.9. The quantitative estimate of drug-likeness (QED) is 0.708. The van der Waals surface area contributed by atoms with Gasteiger partial charge in [-0.2, -0.15) is 0 Å². The maximum atomic E-state index is 9.29. The van der Waals surface area contributed by atoms with Crippen LogP contribution in [0.1, 0.15) is 39.7 Å². The van der Waals surface area contributed by atoms with Crippen molar-refractivity contribution in [1.82, 2.24) is 5.32 Å². The second-order valence-electron chi connectivity index (χ2n) is 5.58. The number of aliphatic hydroxyl groups is 1. The molecule has 0 heterocycles. The van der Waals surface area contributed by atoms with Crippen molar-refractivity contribution < 1.29 is 14.6 Å². The van der Waals surface area contributed by atoms with Crippen molar-refractivity contribution in [1.29, 1.82) is 0 Å². The van der Waals surface area contributed by atoms with Gasteiger partial charge in [0.2, 0.25) is 0 Å². The van der Waals surface area contributed by atoms with Crippen molar-refractivity contribution in [3.63, 3.8) is 0 Å². The normalized spacial score (nSPS) is 11.5. The molecule has 0 saturated heterocycles. The van der Waals surface area contributed by atoms with E-state index in [1.165, 1.54) is 0 Å². The van der Waals surface area contributed by atoms with Crippen LogP contribution in [0.5, 0.6) is 11.5 Å². The molecule has 120 valence electrons. The average molecular weight is 360 g/mol. The summed E-state index contributed by atoms with van der Waals surface area (Å²) in [7, 11) is 0. The molecule has 0 aromatic heterocycles. The minimum absolute atomic E-state index is 0.0875. The van der Waals surface area contributed by atoms with Crippen LogP contribution < -0.4 is 14.8 Å². The fourth-order valence-corrected chi connectivity index (χ4v) is 2.33. The molecule has 0 bridgehead atoms. The Morgan fingerprint density at radius 2 is 1.95 bits per heavy atom. The minimum atomic E-state index is -0.310. The van der Waals surface area contributed by atoms with E-state index >= 15 is 0 Å². The molecule has 0 amide bonds. The van der Waals surface area contributed by atoms with Crippen molar-refractivity contribution in [3.8, 4) is 11.5 Å². The summed E-state index contributed by atoms with van der Waals surface area (Å²) in [6, 6.07) is 4.01. The maximum absolute atomic E-state index is 9.29. The molecule has 0 aliphatic carbocycles. The van der Waals surface area contributed by atoms with E-state index in [1.54, 1.807) is 0 Å². The third-order valence-corrected chi connectivity index (χ3v) is 3.58. The lowest BCUT2D eigenvalue weighted by atomic mass is 10.1. The summed E-state index contributed by atoms with van der Waals surface area (Å²) in [6.07, 6.45) is 0.950. The van der Waals surface area contributed by atoms with Crippen LogP contribution >= 0.6 is 15.9 Å². The van der Waals surface area contributed by atoms with Gasteiger partial charge in [-0.1, -0.05) is 6.92 Å². The molecular formula is C16H26BrNO3. The Morgan fingerprint density at radius 3 is 2.52 bits per heavy atom. The van der Waals surface area contributed by atoms with Crippen LogP contribution in [-0.4, -0.2) is 30.5 Å². The molecule has 0 saturated carbocycles. The highest BCUT2D eigenvalue weighted by molar-refractivity contribution is 9.10. The van der Waals surface area contributed by atoms with Gasteiger partial charge < -0.3 is 19.9 Å². The first-order chi connectivity index (χ1) is 9.93. The minimum Gasteiger partial charge on any atom is -0.490 e. The van der Waals surface area contributed by atoms with Gasteiger partial charge in [0, 0.05) is 12.1 Å². The Balaban J connectivity index is 2.92. The first-order valence-electron chi connectivity index (χ1n) is 7.37. The first-order valence-corrected chi connectivity index (χ1v) is 8.16. The Bertz CT molecular complexity index is 449. The molecular weight excluding hydrogens is 334 g/mol. The van der Waals surface area contributed by atoms with Crippen molar-refractivity contribution in [2.45, 2.75) is 46.2 Å². The molecule has 0 atom stereocenters. The topological polar surface area (TPSA) is 50.7 Å². The van der Waals surface area contributed by atoms with Gasteiger partial charge in [-0.05, 0) is 60.8 Å². The molecule has 1 aromatic rings. The lowest BCUT2D eigenvalue weighted by molar-refractivity contribution is 0.187. The van der Waals surface area contributed by atoms with Crippen LogP contribution in [0.25, 0.3) is 0 Å². The molecule has 5 heteroatoms. The van der Waals surface area contributed by atoms with E-state index in [0.717, 1.165) is 28.0 Å². The summed E-state index contributed by atoms with van der Waals surface area (Å²) in [5.41, 5.74) is 0.769. The molecule has 0 spiro atoms. The highest BCUT2D eigenvalue weighted by Crippen LogP contribution is 2.37. The summed E-state index contributed by atoms with van der Waals surface area (Å²) < 4.78 is 12.3. The number of benzene rings is 1. The predicted octanol–water partition coefficient (Wildman–Crippen LogP) is 3.50. The zero-order valence-electron chi connectivity index (χ0n) is 13.3. The summed E-state index contributed by atoms with van der Waals surface area (Å²) in [5.74, 6) is 1.50. The average Bonchev–Trinajstić information content (AvgIpc) is 2.45. The van der Waals surface area contributed by atoms with E-state index in [-0.39, 0.29) is 12.1 Å². The zero-order chi connectivity index (χ0) is 15.9. The van der Waals surface area contributed by atoms with Crippen molar-refractivity contribution in [2.75, 3.05) is 19.8 Å². The summed E-state index contributed by atoms with van der Waals surface area (Å²) >= 11 is 3.55. The van der Waals surface area contributed by atoms with Gasteiger partial charge in [0.05, 0.1) is 24.3 Å². The molecule has 0 unspecified atom stereocenters. The zero-order valence-corrected chi connectivity index (χ0v) is 14.9. The van der Waals surface area contributed by atoms with Gasteiger partial charge in [0.25, 0.3) is 0 Å². The third kappa shape index (κ3) is 5.85. The molecule has 4 nitrogen and oxygen atoms in total. The van der Waals surface area contributed by atoms with Crippen LogP contribution in [0.3, 0.4) is 0 Å². The van der Waals surface area contributed by atoms with Gasteiger partial charge in [0.15, 0.2) is 11.5 Å². The number of halogens is 1. The van der Waals surface area contributed by atoms with E-state index in [2.05, 4.69) is 28.2 Å². The van der Waals surface area contributed by atoms with E-state index in [1.807, 2.05) is 32.9 Å². The first kappa shape index (κ1) is 18.3. The summed E-state index contributed by atoms with van der Waals surface area (Å²) in [5, 5.41) is 12.6. The second kappa shape index (κ2) is 8.61. The molecule has 0 aliphatic heterocycles. The Labute approximate surface area is 136 Å². The maximum Gasteiger partial charge on any atom is 0.175 e. The van der Waals surface area contributed by atoms with Crippen LogP contribution in [0, 0.1) is 0 Å². The molecule has 1 rings (SSSR count). The lowest BCUT2D eigenvalue weighted by Gasteiger charge is -2.24. The smallest absolute Gasteiger partial charge is 0.175 e. The molecule has 0 aliphatic rings. The third-order valence-electron chi connectivity index (χ3n) is 2.99. The Kier molecular flexibility index (Phi) is 7.49. The molecule has 0 fully saturated rings. The van der Waals surface area contributed by atoms with Crippen LogP contribution in [0.15, 0.2) is 16.6 Å². The molecule has 2 N–H and O–H groups in total. The van der Waals surface area contributed by atoms with E-state index in [9.17, 15) is 5.11 Å². The number of hydrogen-bond donors (Lipinski definition) is 2. The van der Waals surface area contributed by atoms with Crippen LogP contribution in [0.4, 0.5) is 0 Å². The number of hydrogen-bond acceptors (Lipinski definition) is 4. The van der Waals surface area contributed by atoms with Crippen LogP contribution in [-0.2, 0) is 6.54 Å². The highest BCUT2D eigenvalue weighted by Gasteiger charge is 2.17. The van der Waals surface area contributed by atoms with Gasteiger partial charge in [-0.25, -0.2) is 0 Å². The monoisotopic (exact) mass is 359 g/mol. The SMILES string of the molecule is CCCOc1c(Br)cc(CNC(C)(C)CO)cc1OCC. The van der Waals surface area contributed by atoms with E-state index < -0.39 is 0 Å². The van der Waals surface area contributed by atoms with Gasteiger partial charge in [-0.15, -0.1) is 0 Å². The number of ether oxygens (including phenoxy) is 2. The van der Waals surface area contributed by atoms with E-state index in [0.29, 0.717) is 19.8 Å². The van der Waals surface area contributed by atoms with Crippen molar-refractivity contribution >= 4 is 15.9 Å². The number of aliphatic hydroxyl groups excluding tert-OH is 1. The summed E-state index contributed by atoms with van der Waals surface area (Å²) in [6.45, 7) is 9.95. The molecule has 0 radical (unpaired) electrons. The molecule has 1 aromatic carbocycles. The Morgan fingerprint density at radius 1 is 1.24 bits per heavy atom. The fraction of sp³-hybridized carbons (Fsp3) is 0.625. The standard InChI is InChI=1S/C16H26BrNO3/c1-5-7-21-15-13(17)8-12(9-14(15)20-6-2)10-18-16(3,4)11-19/h8-9,18-19H,5-7,10-11H2,1-4H3. The summed E-state index contributed by atoms with van der Waals surface area (Å²) in [4.78, 5) is 0. The predicted molar refractivity (Wildman–Crippen MR) is 89.1 cm³/mol. The van der Waals surface area contributed by atoms with Gasteiger partial charge in [-0.3, -0.25) is 0 Å². The molecule has 21 heavy (non-hydrogen) atoms. The number of rotatable bonds is 9. The largest absolute Gasteiger partial charge is 0.490 e. The lowest BCUT2D eigenvalue weighted by Crippen LogP contribution is -2.42. The second-order valence-corrected chi connectivity index (χ2v) is 6.44. The number of nitrogens with one attached hydrogen (secondary N) is 1. The Hall–Kier alpha value is -0.780. The van der Waals surface area contributed by atoms with Crippen molar-refractivity contribution in [2.24, 2.45) is 0 Å². The van der Waals surface area contributed by atoms with Crippen LogP contribution in [0.2, 0.25) is 0 Å². The van der Waals surface area contributed by atoms with Gasteiger partial charge in [0.1, 0.15) is 0 Å². The van der Waals surface area contributed by atoms with Gasteiger partial charge >= 0.3 is 0 Å².